The van der Waals surface area contributed by atoms with Gasteiger partial charge in [-0.2, -0.15) is 0 Å². The Morgan fingerprint density at radius 2 is 1.59 bits per heavy atom. The summed E-state index contributed by atoms with van der Waals surface area (Å²) in [6, 6.07) is 10.4. The molecule has 0 amide bonds. The zero-order valence-corrected chi connectivity index (χ0v) is 9.01. The van der Waals surface area contributed by atoms with E-state index in [4.69, 9.17) is 16.7 Å². The van der Waals surface area contributed by atoms with Crippen LogP contribution in [0, 0.1) is 0 Å². The van der Waals surface area contributed by atoms with Gasteiger partial charge in [0, 0.05) is 11.3 Å². The largest absolute Gasteiger partial charge is 0.504 e. The number of hydrogen-bond donors (Lipinski definition) is 5. The quantitative estimate of drug-likeness (QED) is 0.309. The van der Waals surface area contributed by atoms with Crippen LogP contribution in [-0.4, -0.2) is 10.3 Å². The van der Waals surface area contributed by atoms with Gasteiger partial charge < -0.3 is 16.6 Å². The summed E-state index contributed by atoms with van der Waals surface area (Å²) in [7, 11) is 0. The minimum Gasteiger partial charge on any atom is -0.504 e. The fourth-order valence-electron chi connectivity index (χ4n) is 1.61. The van der Waals surface area contributed by atoms with Gasteiger partial charge in [0.25, 0.3) is 0 Å². The maximum absolute atomic E-state index is 9.72. The predicted octanol–water partition coefficient (Wildman–Crippen LogP) is 2.02. The molecule has 88 valence electrons. The molecule has 2 aromatic rings. The Morgan fingerprint density at radius 3 is 2.18 bits per heavy atom. The van der Waals surface area contributed by atoms with Crippen molar-refractivity contribution in [2.45, 2.75) is 0 Å². The van der Waals surface area contributed by atoms with E-state index in [-0.39, 0.29) is 17.1 Å². The van der Waals surface area contributed by atoms with Crippen molar-refractivity contribution < 1.29 is 10.3 Å². The molecular formula is C12H13N3O2. The van der Waals surface area contributed by atoms with Crippen molar-refractivity contribution in [1.82, 2.24) is 0 Å². The Labute approximate surface area is 98.3 Å². The maximum Gasteiger partial charge on any atom is 0.164 e. The molecule has 5 heteroatoms. The molecule has 0 aliphatic carbocycles. The van der Waals surface area contributed by atoms with Gasteiger partial charge in [0.05, 0.1) is 5.69 Å². The van der Waals surface area contributed by atoms with Gasteiger partial charge in [0.2, 0.25) is 0 Å². The van der Waals surface area contributed by atoms with Crippen LogP contribution in [0.2, 0.25) is 0 Å². The molecular weight excluding hydrogens is 218 g/mol. The van der Waals surface area contributed by atoms with E-state index in [1.165, 1.54) is 6.07 Å². The Bertz CT molecular complexity index is 538. The van der Waals surface area contributed by atoms with Gasteiger partial charge in [-0.3, -0.25) is 10.7 Å². The number of nitrogens with two attached hydrogens (primary N) is 2. The summed E-state index contributed by atoms with van der Waals surface area (Å²) in [5.74, 6) is -0.179. The summed E-state index contributed by atoms with van der Waals surface area (Å²) >= 11 is 0. The maximum atomic E-state index is 9.72. The number of nitrogens with one attached hydrogen (secondary N) is 1. The third-order valence-corrected chi connectivity index (χ3v) is 2.56. The molecule has 0 unspecified atom stereocenters. The Kier molecular flexibility index (Phi) is 2.76. The number of nitrogen functional groups attached to an aromatic ring is 2. The molecule has 0 atom stereocenters. The SMILES string of the molecule is Nc1ccc(-c2ccc(NO)c(O)c2N)cc1. The van der Waals surface area contributed by atoms with Crippen LogP contribution in [0.3, 0.4) is 0 Å². The first kappa shape index (κ1) is 11.1. The van der Waals surface area contributed by atoms with E-state index in [2.05, 4.69) is 0 Å². The van der Waals surface area contributed by atoms with Crippen LogP contribution in [0.15, 0.2) is 36.4 Å². The number of rotatable bonds is 2. The fraction of sp³-hybridized carbons (Fsp3) is 0. The Balaban J connectivity index is 2.53. The molecule has 2 rings (SSSR count). The van der Waals surface area contributed by atoms with E-state index in [9.17, 15) is 5.11 Å². The van der Waals surface area contributed by atoms with Crippen molar-refractivity contribution in [3.8, 4) is 16.9 Å². The number of phenolic OH excluding ortho intramolecular Hbond substituents is 1. The molecule has 0 radical (unpaired) electrons. The number of hydrogen-bond acceptors (Lipinski definition) is 5. The molecule has 0 spiro atoms. The van der Waals surface area contributed by atoms with Crippen molar-refractivity contribution in [2.75, 3.05) is 16.9 Å². The second-order valence-corrected chi connectivity index (χ2v) is 3.66. The molecule has 2 aromatic carbocycles. The highest BCUT2D eigenvalue weighted by molar-refractivity contribution is 5.85. The zero-order valence-electron chi connectivity index (χ0n) is 9.01. The Hall–Kier alpha value is -2.40. The number of aromatic hydroxyl groups is 1. The van der Waals surface area contributed by atoms with Crippen molar-refractivity contribution in [1.29, 1.82) is 0 Å². The highest BCUT2D eigenvalue weighted by Crippen LogP contribution is 2.38. The standard InChI is InChI=1S/C12H13N3O2/c13-8-3-1-7(2-4-8)9-5-6-10(15-17)12(16)11(9)14/h1-6,15-17H,13-14H2. The summed E-state index contributed by atoms with van der Waals surface area (Å²) in [5, 5.41) is 18.5. The van der Waals surface area contributed by atoms with E-state index >= 15 is 0 Å². The summed E-state index contributed by atoms with van der Waals surface area (Å²) in [6.07, 6.45) is 0. The first-order chi connectivity index (χ1) is 8.13. The second kappa shape index (κ2) is 4.23. The van der Waals surface area contributed by atoms with Gasteiger partial charge in [-0.15, -0.1) is 0 Å². The normalized spacial score (nSPS) is 10.2. The molecule has 0 saturated carbocycles. The summed E-state index contributed by atoms with van der Waals surface area (Å²) in [6.45, 7) is 0. The monoisotopic (exact) mass is 231 g/mol. The van der Waals surface area contributed by atoms with Crippen LogP contribution >= 0.6 is 0 Å². The molecule has 0 bridgehead atoms. The van der Waals surface area contributed by atoms with Crippen molar-refractivity contribution >= 4 is 17.1 Å². The van der Waals surface area contributed by atoms with E-state index in [0.29, 0.717) is 11.3 Å². The number of anilines is 3. The molecule has 17 heavy (non-hydrogen) atoms. The lowest BCUT2D eigenvalue weighted by molar-refractivity contribution is 0.381. The van der Waals surface area contributed by atoms with E-state index in [1.807, 2.05) is 17.6 Å². The lowest BCUT2D eigenvalue weighted by Gasteiger charge is -2.11. The van der Waals surface area contributed by atoms with E-state index < -0.39 is 0 Å². The number of phenols is 1. The smallest absolute Gasteiger partial charge is 0.164 e. The first-order valence-electron chi connectivity index (χ1n) is 5.01. The molecule has 0 heterocycles. The fourth-order valence-corrected chi connectivity index (χ4v) is 1.61. The van der Waals surface area contributed by atoms with Crippen molar-refractivity contribution in [3.05, 3.63) is 36.4 Å². The van der Waals surface area contributed by atoms with Crippen LogP contribution in [-0.2, 0) is 0 Å². The lowest BCUT2D eigenvalue weighted by Crippen LogP contribution is -1.96. The van der Waals surface area contributed by atoms with E-state index in [0.717, 1.165) is 5.56 Å². The molecule has 0 aliphatic rings. The van der Waals surface area contributed by atoms with Crippen LogP contribution in [0.1, 0.15) is 0 Å². The van der Waals surface area contributed by atoms with Crippen LogP contribution in [0.25, 0.3) is 11.1 Å². The molecule has 7 N–H and O–H groups in total. The average Bonchev–Trinajstić information content (AvgIpc) is 2.34. The van der Waals surface area contributed by atoms with E-state index in [1.54, 1.807) is 18.2 Å². The van der Waals surface area contributed by atoms with Crippen LogP contribution in [0.5, 0.6) is 5.75 Å². The van der Waals surface area contributed by atoms with Crippen molar-refractivity contribution in [3.63, 3.8) is 0 Å². The molecule has 0 fully saturated rings. The topological polar surface area (TPSA) is 105 Å². The minimum absolute atomic E-state index is 0.168. The molecule has 5 nitrogen and oxygen atoms in total. The summed E-state index contributed by atoms with van der Waals surface area (Å²) < 4.78 is 0. The van der Waals surface area contributed by atoms with Gasteiger partial charge in [0.15, 0.2) is 5.75 Å². The predicted molar refractivity (Wildman–Crippen MR) is 67.8 cm³/mol. The van der Waals surface area contributed by atoms with Gasteiger partial charge in [-0.1, -0.05) is 12.1 Å². The third-order valence-electron chi connectivity index (χ3n) is 2.56. The highest BCUT2D eigenvalue weighted by Gasteiger charge is 2.10. The first-order valence-corrected chi connectivity index (χ1v) is 5.01. The third kappa shape index (κ3) is 1.95. The average molecular weight is 231 g/mol. The molecule has 0 saturated heterocycles. The highest BCUT2D eigenvalue weighted by atomic mass is 16.5. The number of benzene rings is 2. The summed E-state index contributed by atoms with van der Waals surface area (Å²) in [4.78, 5) is 0. The second-order valence-electron chi connectivity index (χ2n) is 3.66. The van der Waals surface area contributed by atoms with Crippen LogP contribution in [0.4, 0.5) is 17.1 Å². The van der Waals surface area contributed by atoms with Crippen LogP contribution < -0.4 is 16.9 Å². The lowest BCUT2D eigenvalue weighted by atomic mass is 10.0. The van der Waals surface area contributed by atoms with Gasteiger partial charge >= 0.3 is 0 Å². The van der Waals surface area contributed by atoms with Gasteiger partial charge in [-0.25, -0.2) is 0 Å². The van der Waals surface area contributed by atoms with Gasteiger partial charge in [0.1, 0.15) is 5.69 Å². The summed E-state index contributed by atoms with van der Waals surface area (Å²) in [5.41, 5.74) is 15.8. The van der Waals surface area contributed by atoms with Gasteiger partial charge in [-0.05, 0) is 29.8 Å². The Morgan fingerprint density at radius 1 is 0.941 bits per heavy atom. The minimum atomic E-state index is -0.179. The zero-order chi connectivity index (χ0) is 12.4. The van der Waals surface area contributed by atoms with Crippen molar-refractivity contribution in [2.24, 2.45) is 0 Å². The molecule has 0 aromatic heterocycles. The molecule has 0 aliphatic heterocycles.